The molecule has 0 fully saturated rings. The molecule has 0 aromatic heterocycles. The third kappa shape index (κ3) is 5.64. The lowest BCUT2D eigenvalue weighted by atomic mass is 10.0. The minimum absolute atomic E-state index is 0.118. The molecule has 0 N–H and O–H groups in total. The highest BCUT2D eigenvalue weighted by molar-refractivity contribution is 6.06. The highest BCUT2D eigenvalue weighted by Crippen LogP contribution is 2.30. The van der Waals surface area contributed by atoms with Gasteiger partial charge >= 0.3 is 5.97 Å². The number of benzene rings is 3. The van der Waals surface area contributed by atoms with Gasteiger partial charge in [0.1, 0.15) is 5.75 Å². The summed E-state index contributed by atoms with van der Waals surface area (Å²) in [6, 6.07) is 24.3. The fourth-order valence-corrected chi connectivity index (χ4v) is 3.39. The number of hydrogen-bond donors (Lipinski definition) is 0. The third-order valence-electron chi connectivity index (χ3n) is 5.07. The lowest BCUT2D eigenvalue weighted by Gasteiger charge is -2.30. The smallest absolute Gasteiger partial charge is 0.330 e. The lowest BCUT2D eigenvalue weighted by molar-refractivity contribution is -0.137. The molecule has 0 spiro atoms. The molecule has 3 rings (SSSR count). The molecule has 5 nitrogen and oxygen atoms in total. The number of para-hydroxylation sites is 1. The van der Waals surface area contributed by atoms with Gasteiger partial charge in [0.05, 0.1) is 19.8 Å². The van der Waals surface area contributed by atoms with Crippen molar-refractivity contribution < 1.29 is 19.1 Å². The van der Waals surface area contributed by atoms with E-state index in [0.717, 1.165) is 22.6 Å². The number of rotatable bonds is 8. The maximum atomic E-state index is 13.6. The first kappa shape index (κ1) is 22.8. The van der Waals surface area contributed by atoms with Crippen LogP contribution < -0.4 is 9.64 Å². The molecule has 0 saturated heterocycles. The van der Waals surface area contributed by atoms with E-state index in [2.05, 4.69) is 0 Å². The van der Waals surface area contributed by atoms with Crippen molar-refractivity contribution in [1.82, 2.24) is 0 Å². The van der Waals surface area contributed by atoms with E-state index in [-0.39, 0.29) is 11.9 Å². The van der Waals surface area contributed by atoms with E-state index in [9.17, 15) is 9.59 Å². The zero-order valence-electron chi connectivity index (χ0n) is 18.5. The summed E-state index contributed by atoms with van der Waals surface area (Å²) < 4.78 is 10.3. The largest absolute Gasteiger partial charge is 0.497 e. The minimum atomic E-state index is -0.394. The molecule has 32 heavy (non-hydrogen) atoms. The summed E-state index contributed by atoms with van der Waals surface area (Å²) in [4.78, 5) is 26.9. The third-order valence-corrected chi connectivity index (χ3v) is 5.07. The van der Waals surface area contributed by atoms with Crippen LogP contribution in [0.15, 0.2) is 84.9 Å². The van der Waals surface area contributed by atoms with E-state index in [0.29, 0.717) is 12.2 Å². The van der Waals surface area contributed by atoms with Crippen LogP contribution in [0.4, 0.5) is 5.69 Å². The maximum Gasteiger partial charge on any atom is 0.330 e. The average molecular weight is 430 g/mol. The fraction of sp³-hybridized carbons (Fsp3) is 0.185. The summed E-state index contributed by atoms with van der Waals surface area (Å²) in [5.74, 6) is 0.231. The van der Waals surface area contributed by atoms with Gasteiger partial charge in [-0.05, 0) is 67.4 Å². The van der Waals surface area contributed by atoms with Gasteiger partial charge in [-0.3, -0.25) is 4.79 Å². The first-order valence-corrected chi connectivity index (χ1v) is 10.5. The van der Waals surface area contributed by atoms with Crippen molar-refractivity contribution in [2.24, 2.45) is 0 Å². The van der Waals surface area contributed by atoms with E-state index in [1.807, 2.05) is 73.7 Å². The normalized spacial score (nSPS) is 11.7. The second kappa shape index (κ2) is 11.0. The molecule has 0 saturated carbocycles. The Labute approximate surface area is 188 Å². The molecule has 1 unspecified atom stereocenters. The molecular weight excluding hydrogens is 402 g/mol. The first-order chi connectivity index (χ1) is 15.5. The molecule has 164 valence electrons. The van der Waals surface area contributed by atoms with Crippen molar-refractivity contribution in [1.29, 1.82) is 0 Å². The standard InChI is InChI=1S/C27H27NO4/c1-4-32-26(29)18-15-21-13-16-22(17-14-21)27(30)28(24-10-6-5-7-11-24)20(2)23-9-8-12-25(19-23)31-3/h5-20H,4H2,1-3H3/b18-15+. The summed E-state index contributed by atoms with van der Waals surface area (Å²) in [7, 11) is 1.63. The van der Waals surface area contributed by atoms with Gasteiger partial charge in [0.25, 0.3) is 5.91 Å². The highest BCUT2D eigenvalue weighted by Gasteiger charge is 2.24. The summed E-state index contributed by atoms with van der Waals surface area (Å²) in [5.41, 5.74) is 3.13. The number of anilines is 1. The van der Waals surface area contributed by atoms with Crippen LogP contribution in [0, 0.1) is 0 Å². The van der Waals surface area contributed by atoms with E-state index in [4.69, 9.17) is 9.47 Å². The number of esters is 1. The number of amides is 1. The van der Waals surface area contributed by atoms with Gasteiger partial charge in [-0.1, -0.05) is 42.5 Å². The zero-order valence-corrected chi connectivity index (χ0v) is 18.5. The Hall–Kier alpha value is -3.86. The number of methoxy groups -OCH3 is 1. The molecule has 1 amide bonds. The number of carbonyl (C=O) groups excluding carboxylic acids is 2. The zero-order chi connectivity index (χ0) is 22.9. The van der Waals surface area contributed by atoms with Crippen molar-refractivity contribution in [2.75, 3.05) is 18.6 Å². The summed E-state index contributed by atoms with van der Waals surface area (Å²) in [6.07, 6.45) is 3.04. The molecule has 0 aliphatic rings. The number of carbonyl (C=O) groups is 2. The first-order valence-electron chi connectivity index (χ1n) is 10.5. The van der Waals surface area contributed by atoms with Gasteiger partial charge < -0.3 is 14.4 Å². The predicted molar refractivity (Wildman–Crippen MR) is 127 cm³/mol. The minimum Gasteiger partial charge on any atom is -0.497 e. The molecule has 1 atom stereocenters. The SMILES string of the molecule is CCOC(=O)/C=C/c1ccc(C(=O)N(c2ccccc2)C(C)c2cccc(OC)c2)cc1. The van der Waals surface area contributed by atoms with Gasteiger partial charge in [0.2, 0.25) is 0 Å². The van der Waals surface area contributed by atoms with Crippen molar-refractivity contribution >= 4 is 23.6 Å². The quantitative estimate of drug-likeness (QED) is 0.341. The van der Waals surface area contributed by atoms with Crippen molar-refractivity contribution in [3.8, 4) is 5.75 Å². The topological polar surface area (TPSA) is 55.8 Å². The summed E-state index contributed by atoms with van der Waals surface area (Å²) in [5, 5.41) is 0. The van der Waals surface area contributed by atoms with Crippen LogP contribution in [0.25, 0.3) is 6.08 Å². The van der Waals surface area contributed by atoms with Gasteiger partial charge in [-0.2, -0.15) is 0 Å². The Bertz CT molecular complexity index is 1070. The van der Waals surface area contributed by atoms with Crippen LogP contribution in [0.2, 0.25) is 0 Å². The highest BCUT2D eigenvalue weighted by atomic mass is 16.5. The van der Waals surface area contributed by atoms with Crippen molar-refractivity contribution in [3.05, 3.63) is 102 Å². The number of ether oxygens (including phenoxy) is 2. The van der Waals surface area contributed by atoms with E-state index < -0.39 is 5.97 Å². The van der Waals surface area contributed by atoms with Crippen LogP contribution >= 0.6 is 0 Å². The Morgan fingerprint density at radius 1 is 0.969 bits per heavy atom. The number of hydrogen-bond acceptors (Lipinski definition) is 4. The second-order valence-electron chi connectivity index (χ2n) is 7.17. The van der Waals surface area contributed by atoms with Crippen LogP contribution in [0.1, 0.15) is 41.4 Å². The predicted octanol–water partition coefficient (Wildman–Crippen LogP) is 5.68. The Balaban J connectivity index is 1.90. The van der Waals surface area contributed by atoms with E-state index in [1.165, 1.54) is 6.08 Å². The van der Waals surface area contributed by atoms with E-state index in [1.54, 1.807) is 37.1 Å². The molecule has 0 aliphatic carbocycles. The maximum absolute atomic E-state index is 13.6. The molecule has 5 heteroatoms. The molecule has 0 bridgehead atoms. The van der Waals surface area contributed by atoms with Gasteiger partial charge in [-0.25, -0.2) is 4.79 Å². The van der Waals surface area contributed by atoms with Crippen molar-refractivity contribution in [3.63, 3.8) is 0 Å². The Morgan fingerprint density at radius 2 is 1.69 bits per heavy atom. The summed E-state index contributed by atoms with van der Waals surface area (Å²) >= 11 is 0. The molecule has 0 heterocycles. The Morgan fingerprint density at radius 3 is 2.34 bits per heavy atom. The van der Waals surface area contributed by atoms with Gasteiger partial charge in [0.15, 0.2) is 0 Å². The molecule has 0 radical (unpaired) electrons. The monoisotopic (exact) mass is 429 g/mol. The van der Waals surface area contributed by atoms with Crippen LogP contribution in [0.3, 0.4) is 0 Å². The van der Waals surface area contributed by atoms with Gasteiger partial charge in [0, 0.05) is 17.3 Å². The molecule has 3 aromatic rings. The summed E-state index contributed by atoms with van der Waals surface area (Å²) in [6.45, 7) is 4.09. The molecule has 0 aliphatic heterocycles. The van der Waals surface area contributed by atoms with Crippen LogP contribution in [-0.4, -0.2) is 25.6 Å². The number of nitrogens with zero attached hydrogens (tertiary/aromatic N) is 1. The lowest BCUT2D eigenvalue weighted by Crippen LogP contribution is -2.33. The van der Waals surface area contributed by atoms with Crippen molar-refractivity contribution in [2.45, 2.75) is 19.9 Å². The van der Waals surface area contributed by atoms with Crippen LogP contribution in [0.5, 0.6) is 5.75 Å². The average Bonchev–Trinajstić information content (AvgIpc) is 2.84. The molecular formula is C27H27NO4. The van der Waals surface area contributed by atoms with E-state index >= 15 is 0 Å². The van der Waals surface area contributed by atoms with Crippen LogP contribution in [-0.2, 0) is 9.53 Å². The molecule has 3 aromatic carbocycles. The Kier molecular flexibility index (Phi) is 7.81. The second-order valence-corrected chi connectivity index (χ2v) is 7.17. The van der Waals surface area contributed by atoms with Gasteiger partial charge in [-0.15, -0.1) is 0 Å². The fourth-order valence-electron chi connectivity index (χ4n) is 3.39.